The molecule has 4 aromatic rings. The van der Waals surface area contributed by atoms with E-state index >= 15 is 0 Å². The Morgan fingerprint density at radius 2 is 1.80 bits per heavy atom. The number of carbonyl (C=O) groups excluding carboxylic acids is 1. The first-order chi connectivity index (χ1) is 19.5. The lowest BCUT2D eigenvalue weighted by molar-refractivity contribution is 0.0383. The van der Waals surface area contributed by atoms with Crippen LogP contribution in [0.15, 0.2) is 83.8 Å². The Morgan fingerprint density at radius 3 is 2.58 bits per heavy atom. The van der Waals surface area contributed by atoms with Crippen molar-refractivity contribution in [2.75, 3.05) is 44.7 Å². The number of aromatic nitrogens is 2. The molecule has 0 aliphatic carbocycles. The second-order valence-electron chi connectivity index (χ2n) is 9.38. The summed E-state index contributed by atoms with van der Waals surface area (Å²) in [5.74, 6) is -0.814. The molecule has 0 radical (unpaired) electrons. The SMILES string of the molecule is Cc1ccc(-n2ncc(Oc3ccccc3F)c(Nc3cccc(C(=O)NCCN4CCOCC4)c3)c2=O)cc1. The number of aryl methyl sites for hydroxylation is 1. The molecule has 0 spiro atoms. The van der Waals surface area contributed by atoms with Crippen molar-refractivity contribution in [1.82, 2.24) is 20.0 Å². The van der Waals surface area contributed by atoms with Gasteiger partial charge in [-0.2, -0.15) is 9.78 Å². The second-order valence-corrected chi connectivity index (χ2v) is 9.38. The summed E-state index contributed by atoms with van der Waals surface area (Å²) in [6.07, 6.45) is 1.36. The Balaban J connectivity index is 1.40. The van der Waals surface area contributed by atoms with Gasteiger partial charge in [0.15, 0.2) is 23.0 Å². The lowest BCUT2D eigenvalue weighted by atomic mass is 10.2. The summed E-state index contributed by atoms with van der Waals surface area (Å²) < 4.78 is 26.8. The van der Waals surface area contributed by atoms with E-state index in [2.05, 4.69) is 20.6 Å². The highest BCUT2D eigenvalue weighted by Crippen LogP contribution is 2.30. The number of carbonyl (C=O) groups is 1. The largest absolute Gasteiger partial charge is 0.450 e. The van der Waals surface area contributed by atoms with Crippen molar-refractivity contribution in [3.05, 3.63) is 106 Å². The van der Waals surface area contributed by atoms with Gasteiger partial charge in [-0.25, -0.2) is 4.39 Å². The third-order valence-corrected chi connectivity index (χ3v) is 6.49. The predicted molar refractivity (Wildman–Crippen MR) is 150 cm³/mol. The van der Waals surface area contributed by atoms with Crippen LogP contribution in [0.1, 0.15) is 15.9 Å². The van der Waals surface area contributed by atoms with Crippen molar-refractivity contribution < 1.29 is 18.7 Å². The lowest BCUT2D eigenvalue weighted by Crippen LogP contribution is -2.41. The molecule has 206 valence electrons. The average molecular weight is 544 g/mol. The van der Waals surface area contributed by atoms with Crippen LogP contribution >= 0.6 is 0 Å². The minimum Gasteiger partial charge on any atom is -0.450 e. The highest BCUT2D eigenvalue weighted by atomic mass is 19.1. The normalized spacial score (nSPS) is 13.6. The fraction of sp³-hybridized carbons (Fsp3) is 0.233. The third-order valence-electron chi connectivity index (χ3n) is 6.49. The minimum atomic E-state index is -0.577. The van der Waals surface area contributed by atoms with Gasteiger partial charge in [0.25, 0.3) is 11.5 Å². The second kappa shape index (κ2) is 12.5. The number of nitrogens with zero attached hydrogens (tertiary/aromatic N) is 3. The summed E-state index contributed by atoms with van der Waals surface area (Å²) in [4.78, 5) is 28.7. The van der Waals surface area contributed by atoms with Crippen LogP contribution in [0, 0.1) is 12.7 Å². The summed E-state index contributed by atoms with van der Waals surface area (Å²) in [7, 11) is 0. The van der Waals surface area contributed by atoms with Gasteiger partial charge in [0.05, 0.1) is 25.1 Å². The molecule has 1 saturated heterocycles. The average Bonchev–Trinajstić information content (AvgIpc) is 2.97. The van der Waals surface area contributed by atoms with Gasteiger partial charge in [0, 0.05) is 37.4 Å². The van der Waals surface area contributed by atoms with Crippen molar-refractivity contribution in [3.8, 4) is 17.2 Å². The van der Waals surface area contributed by atoms with Crippen LogP contribution in [-0.4, -0.2) is 60.0 Å². The van der Waals surface area contributed by atoms with Gasteiger partial charge in [-0.1, -0.05) is 35.9 Å². The molecule has 0 unspecified atom stereocenters. The van der Waals surface area contributed by atoms with E-state index in [4.69, 9.17) is 9.47 Å². The van der Waals surface area contributed by atoms with Gasteiger partial charge in [-0.05, 0) is 49.4 Å². The maximum Gasteiger partial charge on any atom is 0.299 e. The number of hydrogen-bond donors (Lipinski definition) is 2. The number of benzene rings is 3. The number of amides is 1. The molecule has 3 aromatic carbocycles. The summed E-state index contributed by atoms with van der Waals surface area (Å²) in [6, 6.07) is 20.0. The van der Waals surface area contributed by atoms with Crippen LogP contribution in [0.5, 0.6) is 11.5 Å². The molecular formula is C30H30FN5O4. The molecule has 0 atom stereocenters. The molecule has 5 rings (SSSR count). The van der Waals surface area contributed by atoms with Gasteiger partial charge in [-0.15, -0.1) is 0 Å². The molecule has 1 aliphatic rings. The van der Waals surface area contributed by atoms with E-state index in [1.54, 1.807) is 48.5 Å². The van der Waals surface area contributed by atoms with Crippen molar-refractivity contribution >= 4 is 17.3 Å². The summed E-state index contributed by atoms with van der Waals surface area (Å²) >= 11 is 0. The van der Waals surface area contributed by atoms with Crippen LogP contribution in [0.25, 0.3) is 5.69 Å². The van der Waals surface area contributed by atoms with Gasteiger partial charge in [-0.3, -0.25) is 14.5 Å². The number of morpholine rings is 1. The van der Waals surface area contributed by atoms with Crippen LogP contribution in [0.2, 0.25) is 0 Å². The zero-order chi connectivity index (χ0) is 27.9. The van der Waals surface area contributed by atoms with Gasteiger partial charge in [0.2, 0.25) is 0 Å². The Hall–Kier alpha value is -4.54. The molecule has 0 bridgehead atoms. The first-order valence-corrected chi connectivity index (χ1v) is 13.0. The Bertz CT molecular complexity index is 1530. The van der Waals surface area contributed by atoms with Crippen molar-refractivity contribution in [2.24, 2.45) is 0 Å². The topological polar surface area (TPSA) is 97.7 Å². The van der Waals surface area contributed by atoms with Gasteiger partial charge in [0.1, 0.15) is 0 Å². The zero-order valence-electron chi connectivity index (χ0n) is 22.1. The number of halogens is 1. The third kappa shape index (κ3) is 6.53. The van der Waals surface area contributed by atoms with Gasteiger partial charge >= 0.3 is 0 Å². The number of para-hydroxylation sites is 1. The zero-order valence-corrected chi connectivity index (χ0v) is 22.1. The van der Waals surface area contributed by atoms with Gasteiger partial charge < -0.3 is 20.1 Å². The summed E-state index contributed by atoms with van der Waals surface area (Å²) in [5, 5.41) is 10.3. The first-order valence-electron chi connectivity index (χ1n) is 13.0. The maximum absolute atomic E-state index is 14.4. The Kier molecular flexibility index (Phi) is 8.48. The van der Waals surface area contributed by atoms with E-state index < -0.39 is 11.4 Å². The first kappa shape index (κ1) is 27.0. The highest BCUT2D eigenvalue weighted by Gasteiger charge is 2.18. The Labute approximate surface area is 231 Å². The summed E-state index contributed by atoms with van der Waals surface area (Å²) in [6.45, 7) is 6.28. The molecule has 1 fully saturated rings. The standard InChI is InChI=1S/C30H30FN5O4/c1-21-9-11-24(12-10-21)36-30(38)28(27(20-33-36)40-26-8-3-2-7-25(26)31)34-23-6-4-5-22(19-23)29(37)32-13-14-35-15-17-39-18-16-35/h2-12,19-20,34H,13-18H2,1H3,(H,32,37). The lowest BCUT2D eigenvalue weighted by Gasteiger charge is -2.26. The summed E-state index contributed by atoms with van der Waals surface area (Å²) in [5.41, 5.74) is 2.05. The molecular weight excluding hydrogens is 513 g/mol. The molecule has 0 saturated carbocycles. The fourth-order valence-electron chi connectivity index (χ4n) is 4.28. The van der Waals surface area contributed by atoms with Crippen molar-refractivity contribution in [1.29, 1.82) is 0 Å². The maximum atomic E-state index is 14.4. The van der Waals surface area contributed by atoms with Crippen molar-refractivity contribution in [3.63, 3.8) is 0 Å². The number of anilines is 2. The predicted octanol–water partition coefficient (Wildman–Crippen LogP) is 4.28. The molecule has 2 heterocycles. The van der Waals surface area contributed by atoms with E-state index in [9.17, 15) is 14.0 Å². The van der Waals surface area contributed by atoms with Crippen LogP contribution in [0.4, 0.5) is 15.8 Å². The van der Waals surface area contributed by atoms with E-state index in [1.165, 1.54) is 23.0 Å². The minimum absolute atomic E-state index is 0.0406. The quantitative estimate of drug-likeness (QED) is 0.325. The van der Waals surface area contributed by atoms with Crippen LogP contribution < -0.4 is 20.9 Å². The Morgan fingerprint density at radius 1 is 1.02 bits per heavy atom. The molecule has 1 aliphatic heterocycles. The van der Waals surface area contributed by atoms with E-state index in [1.807, 2.05) is 19.1 Å². The molecule has 9 nitrogen and oxygen atoms in total. The van der Waals surface area contributed by atoms with E-state index in [0.717, 1.165) is 25.2 Å². The van der Waals surface area contributed by atoms with Crippen LogP contribution in [-0.2, 0) is 4.74 Å². The number of hydrogen-bond acceptors (Lipinski definition) is 7. The van der Waals surface area contributed by atoms with Crippen molar-refractivity contribution in [2.45, 2.75) is 6.92 Å². The molecule has 1 aromatic heterocycles. The number of ether oxygens (including phenoxy) is 2. The number of nitrogens with one attached hydrogen (secondary N) is 2. The molecule has 1 amide bonds. The fourth-order valence-corrected chi connectivity index (χ4v) is 4.28. The monoisotopic (exact) mass is 543 g/mol. The highest BCUT2D eigenvalue weighted by molar-refractivity contribution is 5.95. The smallest absolute Gasteiger partial charge is 0.299 e. The molecule has 40 heavy (non-hydrogen) atoms. The van der Waals surface area contributed by atoms with E-state index in [-0.39, 0.29) is 23.1 Å². The number of rotatable bonds is 9. The molecule has 10 heteroatoms. The molecule has 2 N–H and O–H groups in total. The van der Waals surface area contributed by atoms with Crippen LogP contribution in [0.3, 0.4) is 0 Å². The van der Waals surface area contributed by atoms with E-state index in [0.29, 0.717) is 36.7 Å².